The van der Waals surface area contributed by atoms with Crippen molar-refractivity contribution < 1.29 is 5.11 Å². The van der Waals surface area contributed by atoms with Crippen molar-refractivity contribution in [1.29, 1.82) is 0 Å². The molecule has 0 saturated heterocycles. The van der Waals surface area contributed by atoms with Crippen molar-refractivity contribution >= 4 is 16.7 Å². The Hall–Kier alpha value is -1.75. The van der Waals surface area contributed by atoms with Crippen LogP contribution in [-0.4, -0.2) is 33.1 Å². The van der Waals surface area contributed by atoms with Crippen molar-refractivity contribution in [3.63, 3.8) is 0 Å². The normalized spacial score (nSPS) is 16.5. The van der Waals surface area contributed by atoms with E-state index in [2.05, 4.69) is 26.8 Å². The van der Waals surface area contributed by atoms with Gasteiger partial charge in [0.15, 0.2) is 0 Å². The molecule has 0 aromatic carbocycles. The number of nitrogens with zero attached hydrogens (tertiary/aromatic N) is 4. The molecule has 1 N–H and O–H groups in total. The standard InChI is InChI=1S/C15H20N4O.C2H6/c1-4-5-6-19-8-12(20)14-13-11(7-9(2)16-14)17-10(3)18-15(13)19;1-2/h7,12,20H,4-6,8H2,1-3H3;1-2H3. The number of aromatic nitrogens is 3. The lowest BCUT2D eigenvalue weighted by molar-refractivity contribution is 0.177. The molecule has 0 radical (unpaired) electrons. The summed E-state index contributed by atoms with van der Waals surface area (Å²) in [6.07, 6.45) is 1.65. The molecule has 0 saturated carbocycles. The topological polar surface area (TPSA) is 62.1 Å². The Morgan fingerprint density at radius 2 is 1.95 bits per heavy atom. The molecule has 1 unspecified atom stereocenters. The van der Waals surface area contributed by atoms with Crippen molar-refractivity contribution in [1.82, 2.24) is 15.0 Å². The summed E-state index contributed by atoms with van der Waals surface area (Å²) in [4.78, 5) is 15.8. The van der Waals surface area contributed by atoms with Crippen LogP contribution < -0.4 is 4.90 Å². The van der Waals surface area contributed by atoms with E-state index in [1.165, 1.54) is 0 Å². The summed E-state index contributed by atoms with van der Waals surface area (Å²) in [5.41, 5.74) is 2.50. The van der Waals surface area contributed by atoms with Crippen LogP contribution in [0, 0.1) is 13.8 Å². The molecule has 2 aromatic heterocycles. The lowest BCUT2D eigenvalue weighted by atomic mass is 10.0. The summed E-state index contributed by atoms with van der Waals surface area (Å²) < 4.78 is 0. The molecular weight excluding hydrogens is 276 g/mol. The molecule has 5 heteroatoms. The van der Waals surface area contributed by atoms with Crippen molar-refractivity contribution in [3.05, 3.63) is 23.3 Å². The lowest BCUT2D eigenvalue weighted by Crippen LogP contribution is -2.34. The third kappa shape index (κ3) is 3.04. The van der Waals surface area contributed by atoms with E-state index >= 15 is 0 Å². The molecular formula is C17H26N4O. The zero-order chi connectivity index (χ0) is 16.3. The number of hydrogen-bond donors (Lipinski definition) is 1. The number of aliphatic hydroxyl groups is 1. The summed E-state index contributed by atoms with van der Waals surface area (Å²) >= 11 is 0. The fourth-order valence-corrected chi connectivity index (χ4v) is 2.80. The van der Waals surface area contributed by atoms with Gasteiger partial charge in [-0.05, 0) is 26.3 Å². The van der Waals surface area contributed by atoms with Gasteiger partial charge in [0.25, 0.3) is 0 Å². The van der Waals surface area contributed by atoms with Crippen LogP contribution >= 0.6 is 0 Å². The van der Waals surface area contributed by atoms with Gasteiger partial charge in [0.2, 0.25) is 0 Å². The molecule has 0 aliphatic carbocycles. The Morgan fingerprint density at radius 1 is 1.23 bits per heavy atom. The quantitative estimate of drug-likeness (QED) is 0.942. The van der Waals surface area contributed by atoms with E-state index in [-0.39, 0.29) is 0 Å². The van der Waals surface area contributed by atoms with Gasteiger partial charge < -0.3 is 10.0 Å². The first-order valence-electron chi connectivity index (χ1n) is 8.19. The third-order valence-corrected chi connectivity index (χ3v) is 3.72. The van der Waals surface area contributed by atoms with E-state index in [1.807, 2.05) is 33.8 Å². The molecule has 120 valence electrons. The monoisotopic (exact) mass is 302 g/mol. The molecule has 0 spiro atoms. The second-order valence-electron chi connectivity index (χ2n) is 5.45. The van der Waals surface area contributed by atoms with Gasteiger partial charge in [-0.3, -0.25) is 4.98 Å². The van der Waals surface area contributed by atoms with Gasteiger partial charge in [0.05, 0.1) is 23.1 Å². The van der Waals surface area contributed by atoms with Crippen LogP contribution in [0.3, 0.4) is 0 Å². The lowest BCUT2D eigenvalue weighted by Gasteiger charge is -2.32. The summed E-state index contributed by atoms with van der Waals surface area (Å²) in [5.74, 6) is 1.69. The van der Waals surface area contributed by atoms with Crippen molar-refractivity contribution in [2.24, 2.45) is 0 Å². The highest BCUT2D eigenvalue weighted by Crippen LogP contribution is 2.35. The number of hydrogen-bond acceptors (Lipinski definition) is 5. The van der Waals surface area contributed by atoms with Gasteiger partial charge in [-0.1, -0.05) is 27.2 Å². The fraction of sp³-hybridized carbons (Fsp3) is 0.588. The Labute approximate surface area is 132 Å². The summed E-state index contributed by atoms with van der Waals surface area (Å²) in [6, 6.07) is 1.97. The highest BCUT2D eigenvalue weighted by Gasteiger charge is 2.28. The van der Waals surface area contributed by atoms with Gasteiger partial charge >= 0.3 is 0 Å². The van der Waals surface area contributed by atoms with Gasteiger partial charge in [-0.25, -0.2) is 9.97 Å². The van der Waals surface area contributed by atoms with Crippen LogP contribution in [-0.2, 0) is 0 Å². The molecule has 1 aliphatic rings. The molecule has 3 heterocycles. The maximum Gasteiger partial charge on any atom is 0.142 e. The van der Waals surface area contributed by atoms with Crippen LogP contribution in [0.1, 0.15) is 56.9 Å². The van der Waals surface area contributed by atoms with Crippen molar-refractivity contribution in [2.45, 2.75) is 53.6 Å². The maximum atomic E-state index is 10.4. The second-order valence-corrected chi connectivity index (χ2v) is 5.45. The highest BCUT2D eigenvalue weighted by molar-refractivity contribution is 5.93. The van der Waals surface area contributed by atoms with E-state index in [1.54, 1.807) is 0 Å². The molecule has 0 amide bonds. The van der Waals surface area contributed by atoms with Gasteiger partial charge in [-0.2, -0.15) is 0 Å². The molecule has 5 nitrogen and oxygen atoms in total. The first kappa shape index (κ1) is 16.6. The Balaban J connectivity index is 0.000000847. The van der Waals surface area contributed by atoms with Crippen molar-refractivity contribution in [2.75, 3.05) is 18.0 Å². The number of rotatable bonds is 3. The Kier molecular flexibility index (Phi) is 5.29. The number of β-amino-alcohol motifs (C(OH)–C–C–N with tert-alkyl or cyclic N) is 1. The minimum Gasteiger partial charge on any atom is -0.385 e. The van der Waals surface area contributed by atoms with Crippen LogP contribution in [0.15, 0.2) is 6.07 Å². The largest absolute Gasteiger partial charge is 0.385 e. The number of anilines is 1. The average molecular weight is 302 g/mol. The summed E-state index contributed by atoms with van der Waals surface area (Å²) in [5, 5.41) is 11.3. The number of unbranched alkanes of at least 4 members (excludes halogenated alkanes) is 1. The smallest absolute Gasteiger partial charge is 0.142 e. The first-order valence-corrected chi connectivity index (χ1v) is 8.19. The molecule has 1 aliphatic heterocycles. The maximum absolute atomic E-state index is 10.4. The molecule has 22 heavy (non-hydrogen) atoms. The molecule has 2 aromatic rings. The third-order valence-electron chi connectivity index (χ3n) is 3.72. The Morgan fingerprint density at radius 3 is 2.64 bits per heavy atom. The zero-order valence-electron chi connectivity index (χ0n) is 14.2. The first-order chi connectivity index (χ1) is 10.6. The van der Waals surface area contributed by atoms with E-state index in [0.717, 1.165) is 53.3 Å². The molecule has 1 atom stereocenters. The Bertz CT molecular complexity index is 651. The number of aryl methyl sites for hydroxylation is 2. The molecule has 3 rings (SSSR count). The van der Waals surface area contributed by atoms with Crippen LogP contribution in [0.25, 0.3) is 10.9 Å². The zero-order valence-corrected chi connectivity index (χ0v) is 14.2. The van der Waals surface area contributed by atoms with Crippen molar-refractivity contribution in [3.8, 4) is 0 Å². The predicted molar refractivity (Wildman–Crippen MR) is 90.2 cm³/mol. The van der Waals surface area contributed by atoms with Crippen LogP contribution in [0.4, 0.5) is 5.82 Å². The van der Waals surface area contributed by atoms with Crippen LogP contribution in [0.2, 0.25) is 0 Å². The number of pyridine rings is 1. The summed E-state index contributed by atoms with van der Waals surface area (Å²) in [7, 11) is 0. The second kappa shape index (κ2) is 7.01. The highest BCUT2D eigenvalue weighted by atomic mass is 16.3. The molecule has 0 fully saturated rings. The molecule has 0 bridgehead atoms. The van der Waals surface area contributed by atoms with E-state index in [0.29, 0.717) is 6.54 Å². The van der Waals surface area contributed by atoms with Gasteiger partial charge in [0.1, 0.15) is 17.7 Å². The van der Waals surface area contributed by atoms with Gasteiger partial charge in [-0.15, -0.1) is 0 Å². The SMILES string of the molecule is CC.CCCCN1CC(O)c2nc(C)cc3nc(C)nc1c23. The fourth-order valence-electron chi connectivity index (χ4n) is 2.80. The predicted octanol–water partition coefficient (Wildman–Crippen LogP) is 3.32. The average Bonchev–Trinajstić information content (AvgIpc) is 2.50. The van der Waals surface area contributed by atoms with Gasteiger partial charge in [0, 0.05) is 12.2 Å². The summed E-state index contributed by atoms with van der Waals surface area (Å²) in [6.45, 7) is 11.5. The van der Waals surface area contributed by atoms with E-state index < -0.39 is 6.10 Å². The number of aliphatic hydroxyl groups excluding tert-OH is 1. The van der Waals surface area contributed by atoms with E-state index in [4.69, 9.17) is 0 Å². The van der Waals surface area contributed by atoms with E-state index in [9.17, 15) is 5.11 Å². The van der Waals surface area contributed by atoms with Crippen LogP contribution in [0.5, 0.6) is 0 Å². The minimum absolute atomic E-state index is 0.562. The minimum atomic E-state index is -0.562.